The second kappa shape index (κ2) is 9.22. The number of piperazine rings is 1. The van der Waals surface area contributed by atoms with Crippen molar-refractivity contribution in [1.82, 2.24) is 19.9 Å². The quantitative estimate of drug-likeness (QED) is 0.824. The number of aromatic nitrogens is 3. The highest BCUT2D eigenvalue weighted by molar-refractivity contribution is 5.54. The van der Waals surface area contributed by atoms with Gasteiger partial charge in [0.2, 0.25) is 5.95 Å². The molecule has 2 heterocycles. The Morgan fingerprint density at radius 2 is 1.80 bits per heavy atom. The van der Waals surface area contributed by atoms with Crippen LogP contribution >= 0.6 is 0 Å². The molecule has 2 aliphatic rings. The molecule has 6 heteroatoms. The summed E-state index contributed by atoms with van der Waals surface area (Å²) in [4.78, 5) is 18.2. The molecule has 0 saturated carbocycles. The Labute approximate surface area is 178 Å². The van der Waals surface area contributed by atoms with Gasteiger partial charge in [-0.2, -0.15) is 9.97 Å². The van der Waals surface area contributed by atoms with Crippen LogP contribution in [0.25, 0.3) is 6.08 Å². The first kappa shape index (κ1) is 20.3. The number of aryl methyl sites for hydroxylation is 1. The average Bonchev–Trinajstić information content (AvgIpc) is 2.74. The first-order chi connectivity index (χ1) is 14.6. The molecule has 1 aromatic carbocycles. The number of hydrogen-bond donors (Lipinski definition) is 1. The number of benzene rings is 1. The fourth-order valence-electron chi connectivity index (χ4n) is 3.95. The van der Waals surface area contributed by atoms with Crippen LogP contribution in [0.3, 0.4) is 0 Å². The minimum Gasteiger partial charge on any atom is -0.369 e. The molecular formula is C24H30N6. The standard InChI is InChI=1S/C24H30N6/c1-3-19-7-9-21(10-8-19)30-13-11-29(12-14-30)17-23-26-22(27-24(25)28-23)16-20-6-4-5-18(2)15-20/h4-5,7-10,15-16H,3,6,11-14,17H2,1-2H3,(H2,25,26,27,28)/b20-16-. The van der Waals surface area contributed by atoms with E-state index in [1.807, 2.05) is 6.08 Å². The van der Waals surface area contributed by atoms with E-state index in [2.05, 4.69) is 81.1 Å². The van der Waals surface area contributed by atoms with E-state index in [9.17, 15) is 0 Å². The van der Waals surface area contributed by atoms with Gasteiger partial charge in [0.25, 0.3) is 0 Å². The van der Waals surface area contributed by atoms with Crippen LogP contribution in [0.4, 0.5) is 11.6 Å². The van der Waals surface area contributed by atoms with Crippen molar-refractivity contribution in [1.29, 1.82) is 0 Å². The molecule has 0 spiro atoms. The molecule has 1 fully saturated rings. The van der Waals surface area contributed by atoms with Crippen LogP contribution in [0.2, 0.25) is 0 Å². The van der Waals surface area contributed by atoms with Gasteiger partial charge >= 0.3 is 0 Å². The van der Waals surface area contributed by atoms with Crippen LogP contribution in [0.1, 0.15) is 37.5 Å². The lowest BCUT2D eigenvalue weighted by atomic mass is 10.0. The van der Waals surface area contributed by atoms with Crippen LogP contribution in [-0.2, 0) is 13.0 Å². The molecule has 1 aliphatic carbocycles. The summed E-state index contributed by atoms with van der Waals surface area (Å²) in [6.07, 6.45) is 10.4. The third-order valence-corrected chi connectivity index (χ3v) is 5.63. The summed E-state index contributed by atoms with van der Waals surface area (Å²) in [7, 11) is 0. The van der Waals surface area contributed by atoms with E-state index in [1.165, 1.54) is 22.4 Å². The number of nitrogens with two attached hydrogens (primary N) is 1. The van der Waals surface area contributed by atoms with E-state index in [0.717, 1.165) is 44.8 Å². The molecule has 6 nitrogen and oxygen atoms in total. The number of nitrogen functional groups attached to an aromatic ring is 1. The SMILES string of the molecule is CCc1ccc(N2CCN(Cc3nc(N)nc(/C=C4\C=C(C)C=CC4)n3)CC2)cc1. The van der Waals surface area contributed by atoms with Gasteiger partial charge in [-0.1, -0.05) is 42.9 Å². The van der Waals surface area contributed by atoms with Crippen LogP contribution in [0.15, 0.2) is 53.6 Å². The summed E-state index contributed by atoms with van der Waals surface area (Å²) in [5.41, 5.74) is 11.1. The predicted molar refractivity (Wildman–Crippen MR) is 123 cm³/mol. The van der Waals surface area contributed by atoms with Gasteiger partial charge in [-0.15, -0.1) is 0 Å². The van der Waals surface area contributed by atoms with E-state index >= 15 is 0 Å². The van der Waals surface area contributed by atoms with E-state index in [-0.39, 0.29) is 5.95 Å². The Balaban J connectivity index is 1.38. The van der Waals surface area contributed by atoms with Gasteiger partial charge in [0.1, 0.15) is 5.82 Å². The van der Waals surface area contributed by atoms with Crippen molar-refractivity contribution in [2.24, 2.45) is 0 Å². The maximum atomic E-state index is 5.97. The zero-order valence-electron chi connectivity index (χ0n) is 17.9. The zero-order chi connectivity index (χ0) is 20.9. The highest BCUT2D eigenvalue weighted by atomic mass is 15.3. The molecule has 1 aliphatic heterocycles. The molecule has 0 atom stereocenters. The Morgan fingerprint density at radius 1 is 1.03 bits per heavy atom. The second-order valence-corrected chi connectivity index (χ2v) is 7.97. The van der Waals surface area contributed by atoms with Crippen LogP contribution in [0, 0.1) is 0 Å². The van der Waals surface area contributed by atoms with Crippen LogP contribution in [0.5, 0.6) is 0 Å². The number of anilines is 2. The minimum atomic E-state index is 0.286. The Bertz CT molecular complexity index is 966. The summed E-state index contributed by atoms with van der Waals surface area (Å²) in [5.74, 6) is 1.66. The number of allylic oxidation sites excluding steroid dienone is 5. The summed E-state index contributed by atoms with van der Waals surface area (Å²) >= 11 is 0. The molecule has 0 bridgehead atoms. The smallest absolute Gasteiger partial charge is 0.223 e. The van der Waals surface area contributed by atoms with Crippen molar-refractivity contribution >= 4 is 17.7 Å². The van der Waals surface area contributed by atoms with E-state index in [4.69, 9.17) is 5.73 Å². The van der Waals surface area contributed by atoms with Crippen molar-refractivity contribution in [2.45, 2.75) is 33.2 Å². The van der Waals surface area contributed by atoms with E-state index < -0.39 is 0 Å². The lowest BCUT2D eigenvalue weighted by Crippen LogP contribution is -2.46. The summed E-state index contributed by atoms with van der Waals surface area (Å²) in [6.45, 7) is 8.93. The van der Waals surface area contributed by atoms with Crippen LogP contribution in [-0.4, -0.2) is 46.0 Å². The molecular weight excluding hydrogens is 372 g/mol. The van der Waals surface area contributed by atoms with Gasteiger partial charge in [0.05, 0.1) is 6.54 Å². The maximum absolute atomic E-state index is 5.97. The summed E-state index contributed by atoms with van der Waals surface area (Å²) < 4.78 is 0. The molecule has 0 radical (unpaired) electrons. The van der Waals surface area contributed by atoms with Crippen molar-refractivity contribution in [3.8, 4) is 0 Å². The lowest BCUT2D eigenvalue weighted by molar-refractivity contribution is 0.244. The predicted octanol–water partition coefficient (Wildman–Crippen LogP) is 3.63. The maximum Gasteiger partial charge on any atom is 0.223 e. The molecule has 2 aromatic rings. The topological polar surface area (TPSA) is 71.2 Å². The fourth-order valence-corrected chi connectivity index (χ4v) is 3.95. The highest BCUT2D eigenvalue weighted by Crippen LogP contribution is 2.19. The molecule has 156 valence electrons. The summed E-state index contributed by atoms with van der Waals surface area (Å²) in [5, 5.41) is 0. The Hall–Kier alpha value is -2.99. The van der Waals surface area contributed by atoms with Gasteiger partial charge in [-0.3, -0.25) is 4.90 Å². The molecule has 0 unspecified atom stereocenters. The molecule has 2 N–H and O–H groups in total. The van der Waals surface area contributed by atoms with Gasteiger partial charge < -0.3 is 10.6 Å². The first-order valence-corrected chi connectivity index (χ1v) is 10.7. The first-order valence-electron chi connectivity index (χ1n) is 10.7. The number of hydrogen-bond acceptors (Lipinski definition) is 6. The third-order valence-electron chi connectivity index (χ3n) is 5.63. The average molecular weight is 403 g/mol. The van der Waals surface area contributed by atoms with Crippen molar-refractivity contribution in [3.63, 3.8) is 0 Å². The van der Waals surface area contributed by atoms with Crippen molar-refractivity contribution in [3.05, 3.63) is 70.9 Å². The van der Waals surface area contributed by atoms with E-state index in [0.29, 0.717) is 12.4 Å². The lowest BCUT2D eigenvalue weighted by Gasteiger charge is -2.35. The van der Waals surface area contributed by atoms with Gasteiger partial charge in [0.15, 0.2) is 5.82 Å². The monoisotopic (exact) mass is 402 g/mol. The zero-order valence-corrected chi connectivity index (χ0v) is 17.9. The molecule has 0 amide bonds. The molecule has 1 aromatic heterocycles. The highest BCUT2D eigenvalue weighted by Gasteiger charge is 2.18. The number of nitrogens with zero attached hydrogens (tertiary/aromatic N) is 5. The molecule has 1 saturated heterocycles. The Morgan fingerprint density at radius 3 is 2.50 bits per heavy atom. The fraction of sp³-hybridized carbons (Fsp3) is 0.375. The van der Waals surface area contributed by atoms with Crippen molar-refractivity contribution < 1.29 is 0 Å². The van der Waals surface area contributed by atoms with Gasteiger partial charge in [-0.25, -0.2) is 4.98 Å². The summed E-state index contributed by atoms with van der Waals surface area (Å²) in [6, 6.07) is 8.92. The minimum absolute atomic E-state index is 0.286. The number of rotatable bonds is 5. The Kier molecular flexibility index (Phi) is 6.23. The van der Waals surface area contributed by atoms with Gasteiger partial charge in [-0.05, 0) is 49.1 Å². The van der Waals surface area contributed by atoms with Gasteiger partial charge in [0, 0.05) is 31.9 Å². The van der Waals surface area contributed by atoms with Crippen LogP contribution < -0.4 is 10.6 Å². The normalized spacial score (nSPS) is 18.7. The van der Waals surface area contributed by atoms with Crippen molar-refractivity contribution in [2.75, 3.05) is 36.8 Å². The third kappa shape index (κ3) is 5.13. The molecule has 4 rings (SSSR count). The largest absolute Gasteiger partial charge is 0.369 e. The molecule has 30 heavy (non-hydrogen) atoms. The second-order valence-electron chi connectivity index (χ2n) is 7.97. The van der Waals surface area contributed by atoms with E-state index in [1.54, 1.807) is 0 Å².